The summed E-state index contributed by atoms with van der Waals surface area (Å²) in [6.45, 7) is 4.78. The Bertz CT molecular complexity index is 1310. The van der Waals surface area contributed by atoms with Gasteiger partial charge in [-0.25, -0.2) is 0 Å². The van der Waals surface area contributed by atoms with E-state index in [1.54, 1.807) is 11.0 Å². The van der Waals surface area contributed by atoms with Crippen LogP contribution in [0.2, 0.25) is 0 Å². The van der Waals surface area contributed by atoms with Crippen molar-refractivity contribution in [2.24, 2.45) is 0 Å². The monoisotopic (exact) mass is 483 g/mol. The van der Waals surface area contributed by atoms with Crippen LogP contribution in [0.4, 0.5) is 0 Å². The quantitative estimate of drug-likeness (QED) is 0.288. The topological polar surface area (TPSA) is 76.1 Å². The van der Waals surface area contributed by atoms with Crippen LogP contribution in [-0.4, -0.2) is 41.0 Å². The molecule has 2 atom stereocenters. The molecule has 0 aliphatic carbocycles. The first-order valence-electron chi connectivity index (χ1n) is 12.3. The zero-order chi connectivity index (χ0) is 25.2. The number of rotatable bonds is 7. The Balaban J connectivity index is 1.56. The molecule has 6 heteroatoms. The number of hydrogen-bond donors (Lipinski definition) is 1. The summed E-state index contributed by atoms with van der Waals surface area (Å²) in [5, 5.41) is 11.4. The van der Waals surface area contributed by atoms with Crippen LogP contribution >= 0.6 is 0 Å². The predicted molar refractivity (Wildman–Crippen MR) is 137 cm³/mol. The minimum atomic E-state index is -0.701. The van der Waals surface area contributed by atoms with Crippen LogP contribution in [0.15, 0.2) is 78.4 Å². The Morgan fingerprint density at radius 1 is 1.06 bits per heavy atom. The SMILES string of the molecule is CCOc1ccc([C@H]2/C(=C(\O)c3ccc4c(c3)C[C@H](C)O4)C(=O)C(=O)N2CCc2ccccc2)cc1. The van der Waals surface area contributed by atoms with Crippen molar-refractivity contribution >= 4 is 17.4 Å². The molecule has 184 valence electrons. The Morgan fingerprint density at radius 3 is 2.53 bits per heavy atom. The molecule has 0 saturated carbocycles. The van der Waals surface area contributed by atoms with Gasteiger partial charge in [0.25, 0.3) is 11.7 Å². The Labute approximate surface area is 210 Å². The standard InChI is InChI=1S/C30H29NO5/c1-3-35-24-12-9-21(10-13-24)27-26(28(32)22-11-14-25-23(18-22)17-19(2)36-25)29(33)30(34)31(27)16-15-20-7-5-4-6-8-20/h4-14,18-19,27,32H,3,15-17H2,1-2H3/b28-26+/t19-,27-/m0/s1. The summed E-state index contributed by atoms with van der Waals surface area (Å²) in [4.78, 5) is 28.1. The first-order valence-corrected chi connectivity index (χ1v) is 12.3. The summed E-state index contributed by atoms with van der Waals surface area (Å²) in [6.07, 6.45) is 1.38. The number of aliphatic hydroxyl groups excluding tert-OH is 1. The molecule has 0 bridgehead atoms. The number of Topliss-reactive ketones (excluding diaryl/α,β-unsaturated/α-hetero) is 1. The fraction of sp³-hybridized carbons (Fsp3) is 0.267. The van der Waals surface area contributed by atoms with Gasteiger partial charge in [0.05, 0.1) is 18.2 Å². The van der Waals surface area contributed by atoms with Crippen molar-refractivity contribution in [1.82, 2.24) is 4.90 Å². The van der Waals surface area contributed by atoms with Crippen molar-refractivity contribution in [1.29, 1.82) is 0 Å². The minimum Gasteiger partial charge on any atom is -0.507 e. The third kappa shape index (κ3) is 4.47. The van der Waals surface area contributed by atoms with E-state index in [4.69, 9.17) is 9.47 Å². The van der Waals surface area contributed by atoms with Crippen molar-refractivity contribution in [3.63, 3.8) is 0 Å². The molecule has 3 aromatic carbocycles. The highest BCUT2D eigenvalue weighted by atomic mass is 16.5. The molecule has 0 radical (unpaired) electrons. The molecule has 3 aromatic rings. The molecule has 0 aromatic heterocycles. The summed E-state index contributed by atoms with van der Waals surface area (Å²) in [6, 6.07) is 21.9. The highest BCUT2D eigenvalue weighted by Gasteiger charge is 2.46. The van der Waals surface area contributed by atoms with E-state index in [-0.39, 0.29) is 17.4 Å². The number of ketones is 1. The van der Waals surface area contributed by atoms with Gasteiger partial charge in [-0.1, -0.05) is 42.5 Å². The van der Waals surface area contributed by atoms with E-state index in [1.807, 2.05) is 80.6 Å². The van der Waals surface area contributed by atoms with Crippen molar-refractivity contribution in [3.8, 4) is 11.5 Å². The lowest BCUT2D eigenvalue weighted by Gasteiger charge is -2.25. The molecule has 2 aliphatic rings. The largest absolute Gasteiger partial charge is 0.507 e. The number of amides is 1. The molecular formula is C30H29NO5. The van der Waals surface area contributed by atoms with E-state index in [2.05, 4.69) is 0 Å². The van der Waals surface area contributed by atoms with Crippen LogP contribution in [0.25, 0.3) is 5.76 Å². The molecular weight excluding hydrogens is 454 g/mol. The van der Waals surface area contributed by atoms with Crippen LogP contribution in [0, 0.1) is 0 Å². The zero-order valence-corrected chi connectivity index (χ0v) is 20.4. The second-order valence-electron chi connectivity index (χ2n) is 9.19. The summed E-state index contributed by atoms with van der Waals surface area (Å²) >= 11 is 0. The fourth-order valence-corrected chi connectivity index (χ4v) is 4.99. The summed E-state index contributed by atoms with van der Waals surface area (Å²) in [7, 11) is 0. The van der Waals surface area contributed by atoms with E-state index in [1.165, 1.54) is 0 Å². The molecule has 1 saturated heterocycles. The molecule has 36 heavy (non-hydrogen) atoms. The minimum absolute atomic E-state index is 0.0600. The smallest absolute Gasteiger partial charge is 0.295 e. The maximum Gasteiger partial charge on any atom is 0.295 e. The number of nitrogens with zero attached hydrogens (tertiary/aromatic N) is 1. The van der Waals surface area contributed by atoms with Gasteiger partial charge in [0, 0.05) is 18.5 Å². The van der Waals surface area contributed by atoms with Crippen LogP contribution in [0.1, 0.15) is 42.1 Å². The van der Waals surface area contributed by atoms with Gasteiger partial charge in [0.15, 0.2) is 0 Å². The second kappa shape index (κ2) is 9.90. The summed E-state index contributed by atoms with van der Waals surface area (Å²) in [5.41, 5.74) is 3.39. The molecule has 2 heterocycles. The first-order chi connectivity index (χ1) is 17.5. The van der Waals surface area contributed by atoms with Gasteiger partial charge < -0.3 is 19.5 Å². The zero-order valence-electron chi connectivity index (χ0n) is 20.4. The number of fused-ring (bicyclic) bond motifs is 1. The predicted octanol–water partition coefficient (Wildman–Crippen LogP) is 5.07. The molecule has 6 nitrogen and oxygen atoms in total. The van der Waals surface area contributed by atoms with Crippen molar-refractivity contribution < 1.29 is 24.2 Å². The average molecular weight is 484 g/mol. The average Bonchev–Trinajstić information content (AvgIpc) is 3.39. The molecule has 1 fully saturated rings. The highest BCUT2D eigenvalue weighted by Crippen LogP contribution is 2.41. The van der Waals surface area contributed by atoms with Crippen molar-refractivity contribution in [2.75, 3.05) is 13.2 Å². The molecule has 0 spiro atoms. The van der Waals surface area contributed by atoms with E-state index in [0.29, 0.717) is 30.9 Å². The molecule has 1 N–H and O–H groups in total. The maximum absolute atomic E-state index is 13.3. The van der Waals surface area contributed by atoms with Crippen LogP contribution in [0.3, 0.4) is 0 Å². The number of benzene rings is 3. The summed E-state index contributed by atoms with van der Waals surface area (Å²) < 4.78 is 11.4. The molecule has 1 amide bonds. The van der Waals surface area contributed by atoms with E-state index in [0.717, 1.165) is 28.9 Å². The number of ether oxygens (including phenoxy) is 2. The van der Waals surface area contributed by atoms with E-state index >= 15 is 0 Å². The molecule has 5 rings (SSSR count). The van der Waals surface area contributed by atoms with Crippen molar-refractivity contribution in [3.05, 3.63) is 101 Å². The lowest BCUT2D eigenvalue weighted by Crippen LogP contribution is -2.31. The molecule has 2 aliphatic heterocycles. The third-order valence-corrected chi connectivity index (χ3v) is 6.70. The maximum atomic E-state index is 13.3. The van der Waals surface area contributed by atoms with Gasteiger partial charge in [-0.05, 0) is 67.3 Å². The lowest BCUT2D eigenvalue weighted by atomic mass is 9.94. The number of carbonyl (C=O) groups excluding carboxylic acids is 2. The summed E-state index contributed by atoms with van der Waals surface area (Å²) in [5.74, 6) is 0.0338. The van der Waals surface area contributed by atoms with Crippen LogP contribution in [-0.2, 0) is 22.4 Å². The van der Waals surface area contributed by atoms with Gasteiger partial charge in [0.1, 0.15) is 23.4 Å². The van der Waals surface area contributed by atoms with E-state index in [9.17, 15) is 14.7 Å². The van der Waals surface area contributed by atoms with Crippen LogP contribution < -0.4 is 9.47 Å². The van der Waals surface area contributed by atoms with Gasteiger partial charge in [0.2, 0.25) is 0 Å². The number of carbonyl (C=O) groups is 2. The van der Waals surface area contributed by atoms with Crippen LogP contribution in [0.5, 0.6) is 11.5 Å². The third-order valence-electron chi connectivity index (χ3n) is 6.70. The Hall–Kier alpha value is -4.06. The Morgan fingerprint density at radius 2 is 1.81 bits per heavy atom. The van der Waals surface area contributed by atoms with Gasteiger partial charge in [-0.2, -0.15) is 0 Å². The van der Waals surface area contributed by atoms with Gasteiger partial charge in [-0.3, -0.25) is 9.59 Å². The highest BCUT2D eigenvalue weighted by molar-refractivity contribution is 6.46. The number of likely N-dealkylation sites (tertiary alicyclic amines) is 1. The number of hydrogen-bond acceptors (Lipinski definition) is 5. The van der Waals surface area contributed by atoms with Gasteiger partial charge in [-0.15, -0.1) is 0 Å². The first kappa shape index (κ1) is 23.7. The molecule has 0 unspecified atom stereocenters. The van der Waals surface area contributed by atoms with E-state index < -0.39 is 17.7 Å². The normalized spacial score (nSPS) is 20.3. The van der Waals surface area contributed by atoms with Gasteiger partial charge >= 0.3 is 0 Å². The van der Waals surface area contributed by atoms with Crippen molar-refractivity contribution in [2.45, 2.75) is 38.8 Å². The fourth-order valence-electron chi connectivity index (χ4n) is 4.99. The lowest BCUT2D eigenvalue weighted by molar-refractivity contribution is -0.139. The number of aliphatic hydroxyl groups is 1. The second-order valence-corrected chi connectivity index (χ2v) is 9.19. The Kier molecular flexibility index (Phi) is 6.51.